The molecule has 4 atom stereocenters. The van der Waals surface area contributed by atoms with Crippen molar-refractivity contribution in [3.8, 4) is 0 Å². The van der Waals surface area contributed by atoms with Gasteiger partial charge in [-0.3, -0.25) is 0 Å². The molecule has 2 fully saturated rings. The number of hydrogen-bond donors (Lipinski definition) is 1. The number of nitrogens with one attached hydrogen (secondary N) is 1. The van der Waals surface area contributed by atoms with Crippen molar-refractivity contribution in [1.82, 2.24) is 5.32 Å². The lowest BCUT2D eigenvalue weighted by molar-refractivity contribution is 0.402. The van der Waals surface area contributed by atoms with E-state index in [0.29, 0.717) is 0 Å². The lowest BCUT2D eigenvalue weighted by Crippen LogP contribution is -2.33. The Bertz CT molecular complexity index is 449. The maximum absolute atomic E-state index is 3.79. The summed E-state index contributed by atoms with van der Waals surface area (Å²) in [6, 6.07) is 9.99. The second-order valence-electron chi connectivity index (χ2n) is 6.43. The third kappa shape index (κ3) is 1.64. The minimum atomic E-state index is 0.816. The summed E-state index contributed by atoms with van der Waals surface area (Å²) in [5.74, 6) is 3.82. The van der Waals surface area contributed by atoms with E-state index in [2.05, 4.69) is 36.5 Å². The Morgan fingerprint density at radius 2 is 2.06 bits per heavy atom. The van der Waals surface area contributed by atoms with Crippen LogP contribution >= 0.6 is 0 Å². The maximum Gasteiger partial charge on any atom is 0.0132 e. The molecule has 0 aromatic heterocycles. The van der Waals surface area contributed by atoms with Crippen molar-refractivity contribution in [2.24, 2.45) is 17.8 Å². The zero-order valence-electron chi connectivity index (χ0n) is 11.2. The maximum atomic E-state index is 3.79. The van der Waals surface area contributed by atoms with Crippen molar-refractivity contribution >= 4 is 0 Å². The van der Waals surface area contributed by atoms with Crippen LogP contribution in [0.5, 0.6) is 0 Å². The fraction of sp³-hybridized carbons (Fsp3) is 0.647. The Labute approximate surface area is 110 Å². The van der Waals surface area contributed by atoms with Gasteiger partial charge in [-0.1, -0.05) is 31.2 Å². The quantitative estimate of drug-likeness (QED) is 0.852. The zero-order valence-corrected chi connectivity index (χ0v) is 11.2. The number of hydrogen-bond acceptors (Lipinski definition) is 1. The van der Waals surface area contributed by atoms with Gasteiger partial charge in [0.25, 0.3) is 0 Å². The van der Waals surface area contributed by atoms with Gasteiger partial charge in [-0.15, -0.1) is 0 Å². The van der Waals surface area contributed by atoms with Crippen molar-refractivity contribution in [2.75, 3.05) is 6.54 Å². The molecule has 18 heavy (non-hydrogen) atoms. The fourth-order valence-electron chi connectivity index (χ4n) is 4.42. The van der Waals surface area contributed by atoms with Crippen molar-refractivity contribution < 1.29 is 0 Å². The van der Waals surface area contributed by atoms with Crippen LogP contribution < -0.4 is 5.32 Å². The van der Waals surface area contributed by atoms with Crippen LogP contribution in [0, 0.1) is 17.8 Å². The first-order valence-corrected chi connectivity index (χ1v) is 7.71. The average Bonchev–Trinajstić information content (AvgIpc) is 3.30. The standard InChI is InChI=1S/C17H23N/c1-2-18-17(12-7-8-12)16-14-10-9-11-5-3-4-6-13(11)15(14)16/h3-6,12,14-18H,2,7-10H2,1H3. The molecule has 0 aliphatic heterocycles. The SMILES string of the molecule is CCNC(C1CC1)C1C2CCc3ccccc3C21. The zero-order chi connectivity index (χ0) is 12.1. The molecule has 1 nitrogen and oxygen atoms in total. The van der Waals surface area contributed by atoms with E-state index in [0.717, 1.165) is 36.3 Å². The van der Waals surface area contributed by atoms with E-state index in [1.807, 2.05) is 0 Å². The highest BCUT2D eigenvalue weighted by Crippen LogP contribution is 2.63. The van der Waals surface area contributed by atoms with E-state index < -0.39 is 0 Å². The molecule has 1 heteroatoms. The lowest BCUT2D eigenvalue weighted by Gasteiger charge is -2.17. The highest BCUT2D eigenvalue weighted by atomic mass is 15.0. The Balaban J connectivity index is 1.60. The summed E-state index contributed by atoms with van der Waals surface area (Å²) in [6.07, 6.45) is 5.68. The Morgan fingerprint density at radius 3 is 2.83 bits per heavy atom. The van der Waals surface area contributed by atoms with Crippen molar-refractivity contribution in [2.45, 2.75) is 44.6 Å². The topological polar surface area (TPSA) is 12.0 Å². The minimum absolute atomic E-state index is 0.816. The predicted octanol–water partition coefficient (Wildman–Crippen LogP) is 3.35. The van der Waals surface area contributed by atoms with E-state index in [4.69, 9.17) is 0 Å². The number of aryl methyl sites for hydroxylation is 1. The van der Waals surface area contributed by atoms with Gasteiger partial charge in [-0.05, 0) is 67.0 Å². The summed E-state index contributed by atoms with van der Waals surface area (Å²) in [5.41, 5.74) is 3.31. The molecule has 4 unspecified atom stereocenters. The Hall–Kier alpha value is -0.820. The molecular formula is C17H23N. The molecule has 0 spiro atoms. The number of fused-ring (bicyclic) bond motifs is 3. The van der Waals surface area contributed by atoms with E-state index >= 15 is 0 Å². The molecule has 2 saturated carbocycles. The first kappa shape index (κ1) is 11.0. The molecule has 0 amide bonds. The molecule has 0 bridgehead atoms. The van der Waals surface area contributed by atoms with E-state index in [1.54, 1.807) is 11.1 Å². The van der Waals surface area contributed by atoms with Crippen LogP contribution in [-0.2, 0) is 6.42 Å². The van der Waals surface area contributed by atoms with Crippen molar-refractivity contribution in [1.29, 1.82) is 0 Å². The molecule has 3 aliphatic carbocycles. The molecular weight excluding hydrogens is 218 g/mol. The molecule has 0 heterocycles. The third-order valence-electron chi connectivity index (χ3n) is 5.38. The molecule has 1 aromatic carbocycles. The van der Waals surface area contributed by atoms with Crippen LogP contribution in [0.15, 0.2) is 24.3 Å². The van der Waals surface area contributed by atoms with E-state index in [9.17, 15) is 0 Å². The Morgan fingerprint density at radius 1 is 1.22 bits per heavy atom. The van der Waals surface area contributed by atoms with Gasteiger partial charge in [0, 0.05) is 6.04 Å². The van der Waals surface area contributed by atoms with Gasteiger partial charge in [0.05, 0.1) is 0 Å². The van der Waals surface area contributed by atoms with E-state index in [-0.39, 0.29) is 0 Å². The molecule has 96 valence electrons. The van der Waals surface area contributed by atoms with Crippen molar-refractivity contribution in [3.63, 3.8) is 0 Å². The second-order valence-corrected chi connectivity index (χ2v) is 6.43. The molecule has 0 radical (unpaired) electrons. The van der Waals surface area contributed by atoms with Crippen LogP contribution in [0.25, 0.3) is 0 Å². The summed E-state index contributed by atoms with van der Waals surface area (Å²) in [7, 11) is 0. The minimum Gasteiger partial charge on any atom is -0.314 e. The smallest absolute Gasteiger partial charge is 0.0132 e. The van der Waals surface area contributed by atoms with Crippen LogP contribution in [0.2, 0.25) is 0 Å². The highest BCUT2D eigenvalue weighted by Gasteiger charge is 2.58. The summed E-state index contributed by atoms with van der Waals surface area (Å²) < 4.78 is 0. The average molecular weight is 241 g/mol. The third-order valence-corrected chi connectivity index (χ3v) is 5.38. The molecule has 1 aromatic rings. The summed E-state index contributed by atoms with van der Waals surface area (Å²) in [4.78, 5) is 0. The monoisotopic (exact) mass is 241 g/mol. The van der Waals surface area contributed by atoms with Gasteiger partial charge >= 0.3 is 0 Å². The number of benzene rings is 1. The van der Waals surface area contributed by atoms with Crippen LogP contribution in [0.4, 0.5) is 0 Å². The Kier molecular flexibility index (Phi) is 2.51. The normalized spacial score (nSPS) is 34.6. The number of rotatable bonds is 4. The first-order valence-electron chi connectivity index (χ1n) is 7.71. The van der Waals surface area contributed by atoms with Crippen LogP contribution in [-0.4, -0.2) is 12.6 Å². The molecule has 1 N–H and O–H groups in total. The van der Waals surface area contributed by atoms with Gasteiger partial charge < -0.3 is 5.32 Å². The fourth-order valence-corrected chi connectivity index (χ4v) is 4.42. The van der Waals surface area contributed by atoms with Gasteiger partial charge in [-0.25, -0.2) is 0 Å². The highest BCUT2D eigenvalue weighted by molar-refractivity contribution is 5.40. The summed E-state index contributed by atoms with van der Waals surface area (Å²) >= 11 is 0. The summed E-state index contributed by atoms with van der Waals surface area (Å²) in [6.45, 7) is 3.40. The molecule has 4 rings (SSSR count). The first-order chi connectivity index (χ1) is 8.90. The van der Waals surface area contributed by atoms with Crippen molar-refractivity contribution in [3.05, 3.63) is 35.4 Å². The van der Waals surface area contributed by atoms with Gasteiger partial charge in [0.15, 0.2) is 0 Å². The molecule has 3 aliphatic rings. The predicted molar refractivity (Wildman–Crippen MR) is 74.7 cm³/mol. The van der Waals surface area contributed by atoms with Gasteiger partial charge in [-0.2, -0.15) is 0 Å². The largest absolute Gasteiger partial charge is 0.314 e. The second kappa shape index (κ2) is 4.09. The van der Waals surface area contributed by atoms with E-state index in [1.165, 1.54) is 25.7 Å². The van der Waals surface area contributed by atoms with Crippen LogP contribution in [0.1, 0.15) is 43.2 Å². The molecule has 0 saturated heterocycles. The van der Waals surface area contributed by atoms with Crippen LogP contribution in [0.3, 0.4) is 0 Å². The lowest BCUT2D eigenvalue weighted by atomic mass is 9.92. The summed E-state index contributed by atoms with van der Waals surface area (Å²) in [5, 5.41) is 3.79. The van der Waals surface area contributed by atoms with Gasteiger partial charge in [0.1, 0.15) is 0 Å². The van der Waals surface area contributed by atoms with Gasteiger partial charge in [0.2, 0.25) is 0 Å².